The number of aromatic hydroxyl groups is 1. The first-order valence-electron chi connectivity index (χ1n) is 11.6. The number of phenolic OH excluding ortho intramolecular Hbond substituents is 1. The standard InChI is InChI=1S/C29H24N2O7S/c1-5-9-20-19(6-2)25(32)21(15-24(20)39-29-31-22-10-7-8-11-23(22)38-29)26(33)30-18-13-16(27(34)36-3)12-17(14-18)28(35)37-4/h5-15,32H,1H2,2-4H3,(H,30,33)/b19-6+,20-9+. The van der Waals surface area contributed by atoms with E-state index in [1.807, 2.05) is 18.2 Å². The number of carbonyl (C=O) groups is 3. The minimum Gasteiger partial charge on any atom is -0.506 e. The van der Waals surface area contributed by atoms with Gasteiger partial charge in [0.2, 0.25) is 0 Å². The molecule has 9 nitrogen and oxygen atoms in total. The van der Waals surface area contributed by atoms with Crippen LogP contribution in [-0.2, 0) is 9.47 Å². The van der Waals surface area contributed by atoms with Crippen LogP contribution in [0.1, 0.15) is 38.0 Å². The fourth-order valence-electron chi connectivity index (χ4n) is 3.88. The number of methoxy groups -OCH3 is 2. The Bertz CT molecular complexity index is 1670. The molecule has 1 heterocycles. The molecule has 0 unspecified atom stereocenters. The largest absolute Gasteiger partial charge is 0.506 e. The lowest BCUT2D eigenvalue weighted by Crippen LogP contribution is -2.29. The maximum atomic E-state index is 13.4. The molecule has 0 aliphatic rings. The van der Waals surface area contributed by atoms with Crippen LogP contribution in [-0.4, -0.2) is 42.2 Å². The first kappa shape index (κ1) is 27.2. The van der Waals surface area contributed by atoms with Crippen LogP contribution in [0.2, 0.25) is 0 Å². The molecule has 198 valence electrons. The first-order chi connectivity index (χ1) is 18.8. The highest BCUT2D eigenvalue weighted by molar-refractivity contribution is 7.99. The number of fused-ring (bicyclic) bond motifs is 1. The topological polar surface area (TPSA) is 128 Å². The number of anilines is 1. The van der Waals surface area contributed by atoms with E-state index in [0.717, 1.165) is 0 Å². The lowest BCUT2D eigenvalue weighted by molar-refractivity contribution is 0.0598. The van der Waals surface area contributed by atoms with E-state index >= 15 is 0 Å². The molecule has 0 saturated carbocycles. The van der Waals surface area contributed by atoms with Crippen LogP contribution < -0.4 is 15.8 Å². The minimum absolute atomic E-state index is 0.0330. The van der Waals surface area contributed by atoms with Gasteiger partial charge < -0.3 is 24.3 Å². The summed E-state index contributed by atoms with van der Waals surface area (Å²) in [5.41, 5.74) is 1.43. The van der Waals surface area contributed by atoms with Crippen LogP contribution in [0.25, 0.3) is 23.3 Å². The number of esters is 2. The highest BCUT2D eigenvalue weighted by atomic mass is 32.2. The molecule has 10 heteroatoms. The Labute approximate surface area is 227 Å². The first-order valence-corrected chi connectivity index (χ1v) is 12.4. The van der Waals surface area contributed by atoms with Gasteiger partial charge in [-0.1, -0.05) is 36.9 Å². The second kappa shape index (κ2) is 11.7. The molecule has 0 atom stereocenters. The molecule has 0 radical (unpaired) electrons. The smallest absolute Gasteiger partial charge is 0.337 e. The number of hydrogen-bond donors (Lipinski definition) is 2. The number of ether oxygens (including phenoxy) is 2. The van der Waals surface area contributed by atoms with Gasteiger partial charge in [0.05, 0.1) is 30.9 Å². The third-order valence-electron chi connectivity index (χ3n) is 5.66. The number of carbonyl (C=O) groups excluding carboxylic acids is 3. The summed E-state index contributed by atoms with van der Waals surface area (Å²) in [6, 6.07) is 12.8. The number of amides is 1. The molecule has 4 rings (SSSR count). The quantitative estimate of drug-likeness (QED) is 0.328. The SMILES string of the molecule is C=C/C=c1/c(Sc2nc3ccccc3o2)cc(C(=O)Nc2cc(C(=O)OC)cc(C(=O)OC)c2)c(O)/c1=C/C. The van der Waals surface area contributed by atoms with Gasteiger partial charge in [0.25, 0.3) is 11.1 Å². The number of hydrogen-bond acceptors (Lipinski definition) is 9. The highest BCUT2D eigenvalue weighted by Crippen LogP contribution is 2.30. The summed E-state index contributed by atoms with van der Waals surface area (Å²) < 4.78 is 15.4. The van der Waals surface area contributed by atoms with Crippen LogP contribution in [0, 0.1) is 0 Å². The van der Waals surface area contributed by atoms with Gasteiger partial charge in [0, 0.05) is 15.8 Å². The molecule has 2 N–H and O–H groups in total. The van der Waals surface area contributed by atoms with E-state index in [1.165, 1.54) is 50.2 Å². The van der Waals surface area contributed by atoms with E-state index in [-0.39, 0.29) is 28.1 Å². The van der Waals surface area contributed by atoms with Gasteiger partial charge in [-0.15, -0.1) is 0 Å². The van der Waals surface area contributed by atoms with Crippen molar-refractivity contribution in [3.05, 3.63) is 88.3 Å². The zero-order valence-electron chi connectivity index (χ0n) is 21.3. The van der Waals surface area contributed by atoms with Crippen molar-refractivity contribution in [2.24, 2.45) is 0 Å². The predicted octanol–water partition coefficient (Wildman–Crippen LogP) is 4.28. The zero-order valence-corrected chi connectivity index (χ0v) is 22.1. The van der Waals surface area contributed by atoms with Gasteiger partial charge >= 0.3 is 11.9 Å². The Kier molecular flexibility index (Phi) is 8.16. The van der Waals surface area contributed by atoms with E-state index in [4.69, 9.17) is 13.9 Å². The average molecular weight is 545 g/mol. The molecule has 4 aromatic rings. The van der Waals surface area contributed by atoms with Crippen molar-refractivity contribution < 1.29 is 33.4 Å². The van der Waals surface area contributed by atoms with Gasteiger partial charge in [-0.2, -0.15) is 0 Å². The van der Waals surface area contributed by atoms with E-state index in [2.05, 4.69) is 16.9 Å². The van der Waals surface area contributed by atoms with E-state index in [1.54, 1.807) is 31.2 Å². The Hall–Kier alpha value is -4.83. The molecule has 0 bridgehead atoms. The van der Waals surface area contributed by atoms with Crippen molar-refractivity contribution in [3.63, 3.8) is 0 Å². The van der Waals surface area contributed by atoms with Crippen molar-refractivity contribution in [1.29, 1.82) is 0 Å². The minimum atomic E-state index is -0.705. The van der Waals surface area contributed by atoms with E-state index in [9.17, 15) is 19.5 Å². The molecular formula is C29H24N2O7S. The summed E-state index contributed by atoms with van der Waals surface area (Å²) >= 11 is 1.18. The summed E-state index contributed by atoms with van der Waals surface area (Å²) in [5.74, 6) is -2.35. The number of rotatable bonds is 7. The van der Waals surface area contributed by atoms with Crippen LogP contribution in [0.4, 0.5) is 5.69 Å². The summed E-state index contributed by atoms with van der Waals surface area (Å²) in [6.45, 7) is 5.49. The van der Waals surface area contributed by atoms with Gasteiger partial charge in [0.15, 0.2) is 5.58 Å². The summed E-state index contributed by atoms with van der Waals surface area (Å²) in [5, 5.41) is 15.1. The summed E-state index contributed by atoms with van der Waals surface area (Å²) in [4.78, 5) is 42.8. The number of oxazole rings is 1. The molecule has 0 spiro atoms. The maximum Gasteiger partial charge on any atom is 0.337 e. The van der Waals surface area contributed by atoms with Crippen LogP contribution in [0.15, 0.2) is 75.7 Å². The third kappa shape index (κ3) is 5.70. The monoisotopic (exact) mass is 544 g/mol. The van der Waals surface area contributed by atoms with Gasteiger partial charge in [-0.25, -0.2) is 14.6 Å². The third-order valence-corrected chi connectivity index (χ3v) is 6.57. The Morgan fingerprint density at radius 3 is 2.28 bits per heavy atom. The summed E-state index contributed by atoms with van der Waals surface area (Å²) in [7, 11) is 2.40. The van der Waals surface area contributed by atoms with Crippen molar-refractivity contribution in [3.8, 4) is 5.75 Å². The average Bonchev–Trinajstić information content (AvgIpc) is 3.35. The fourth-order valence-corrected chi connectivity index (χ4v) is 4.81. The lowest BCUT2D eigenvalue weighted by atomic mass is 10.1. The number of phenols is 1. The molecule has 1 amide bonds. The summed E-state index contributed by atoms with van der Waals surface area (Å²) in [6.07, 6.45) is 4.96. The highest BCUT2D eigenvalue weighted by Gasteiger charge is 2.20. The van der Waals surface area contributed by atoms with Gasteiger partial charge in [-0.05, 0) is 60.3 Å². The zero-order chi connectivity index (χ0) is 28.1. The normalized spacial score (nSPS) is 11.9. The van der Waals surface area contributed by atoms with E-state index in [0.29, 0.717) is 31.7 Å². The lowest BCUT2D eigenvalue weighted by Gasteiger charge is -2.12. The van der Waals surface area contributed by atoms with Crippen molar-refractivity contribution >= 4 is 58.5 Å². The van der Waals surface area contributed by atoms with Gasteiger partial charge in [-0.3, -0.25) is 4.79 Å². The van der Waals surface area contributed by atoms with Gasteiger partial charge in [0.1, 0.15) is 11.3 Å². The molecule has 0 fully saturated rings. The number of nitrogens with zero attached hydrogens (tertiary/aromatic N) is 1. The molecule has 0 saturated heterocycles. The number of nitrogens with one attached hydrogen (secondary N) is 1. The molecular weight excluding hydrogens is 520 g/mol. The van der Waals surface area contributed by atoms with Crippen LogP contribution in [0.3, 0.4) is 0 Å². The Morgan fingerprint density at radius 2 is 1.69 bits per heavy atom. The second-order valence-corrected chi connectivity index (χ2v) is 9.07. The van der Waals surface area contributed by atoms with Crippen molar-refractivity contribution in [2.75, 3.05) is 19.5 Å². The van der Waals surface area contributed by atoms with Crippen LogP contribution in [0.5, 0.6) is 5.75 Å². The predicted molar refractivity (Wildman–Crippen MR) is 147 cm³/mol. The molecule has 0 aliphatic heterocycles. The molecule has 1 aromatic heterocycles. The van der Waals surface area contributed by atoms with Crippen molar-refractivity contribution in [1.82, 2.24) is 4.98 Å². The maximum absolute atomic E-state index is 13.4. The van der Waals surface area contributed by atoms with E-state index < -0.39 is 17.8 Å². The van der Waals surface area contributed by atoms with Crippen LogP contribution >= 0.6 is 11.8 Å². The second-order valence-electron chi connectivity index (χ2n) is 8.08. The molecule has 3 aromatic carbocycles. The number of benzene rings is 3. The Morgan fingerprint density at radius 1 is 1.03 bits per heavy atom. The molecule has 39 heavy (non-hydrogen) atoms. The Balaban J connectivity index is 1.80. The number of aromatic nitrogens is 1. The van der Waals surface area contributed by atoms with Crippen molar-refractivity contribution in [2.45, 2.75) is 17.0 Å². The number of para-hydroxylation sites is 2. The number of allylic oxidation sites excluding steroid dienone is 1. The fraction of sp³-hybridized carbons (Fsp3) is 0.103. The molecule has 0 aliphatic carbocycles.